The number of barbiturate groups is 1. The Morgan fingerprint density at radius 2 is 1.37 bits per heavy atom. The fourth-order valence-corrected chi connectivity index (χ4v) is 4.49. The molecule has 0 radical (unpaired) electrons. The molecule has 1 N–H and O–H groups in total. The van der Waals surface area contributed by atoms with E-state index in [-0.39, 0.29) is 18.1 Å². The topological polar surface area (TPSA) is 96.0 Å². The number of nitrogens with zero attached hydrogens (tertiary/aromatic N) is 2. The molecule has 4 aromatic rings. The fourth-order valence-electron chi connectivity index (χ4n) is 4.49. The third kappa shape index (κ3) is 5.91. The fraction of sp³-hybridized carbons (Fsp3) is 0.0909. The predicted octanol–water partition coefficient (Wildman–Crippen LogP) is 5.90. The normalized spacial score (nSPS) is 13.3. The van der Waals surface area contributed by atoms with Crippen molar-refractivity contribution in [3.8, 4) is 5.75 Å². The molecule has 1 aliphatic heterocycles. The smallest absolute Gasteiger partial charge is 0.343 e. The third-order valence-electron chi connectivity index (χ3n) is 6.47. The minimum Gasteiger partial charge on any atom is -0.484 e. The van der Waals surface area contributed by atoms with Crippen LogP contribution in [0, 0.1) is 13.8 Å². The van der Waals surface area contributed by atoms with E-state index < -0.39 is 17.8 Å². The molecule has 8 nitrogen and oxygen atoms in total. The largest absolute Gasteiger partial charge is 0.484 e. The summed E-state index contributed by atoms with van der Waals surface area (Å²) >= 11 is 0. The highest BCUT2D eigenvalue weighted by molar-refractivity contribution is 6.46. The number of ether oxygens (including phenoxy) is 1. The maximum absolute atomic E-state index is 13.6. The molecule has 4 aromatic carbocycles. The molecule has 8 heteroatoms. The summed E-state index contributed by atoms with van der Waals surface area (Å²) in [5.41, 5.74) is 3.73. The quantitative estimate of drug-likeness (QED) is 0.230. The van der Waals surface area contributed by atoms with E-state index >= 15 is 0 Å². The van der Waals surface area contributed by atoms with E-state index in [4.69, 9.17) is 4.74 Å². The number of amides is 5. The molecule has 1 aliphatic rings. The first-order valence-corrected chi connectivity index (χ1v) is 13.0. The van der Waals surface area contributed by atoms with E-state index in [9.17, 15) is 19.2 Å². The maximum atomic E-state index is 13.6. The van der Waals surface area contributed by atoms with Crippen molar-refractivity contribution in [1.82, 2.24) is 0 Å². The van der Waals surface area contributed by atoms with Crippen LogP contribution >= 0.6 is 0 Å². The molecular weight excluding hydrogens is 518 g/mol. The van der Waals surface area contributed by atoms with Crippen LogP contribution in [-0.2, 0) is 14.4 Å². The van der Waals surface area contributed by atoms with Gasteiger partial charge in [0.2, 0.25) is 0 Å². The number of anilines is 3. The lowest BCUT2D eigenvalue weighted by Gasteiger charge is -2.33. The number of hydrogen-bond acceptors (Lipinski definition) is 5. The van der Waals surface area contributed by atoms with Gasteiger partial charge in [-0.2, -0.15) is 0 Å². The first kappa shape index (κ1) is 27.1. The molecule has 1 heterocycles. The van der Waals surface area contributed by atoms with Crippen molar-refractivity contribution in [3.63, 3.8) is 0 Å². The van der Waals surface area contributed by atoms with Gasteiger partial charge < -0.3 is 10.1 Å². The number of carbonyl (C=O) groups excluding carboxylic acids is 4. The van der Waals surface area contributed by atoms with Crippen molar-refractivity contribution in [3.05, 3.63) is 125 Å². The maximum Gasteiger partial charge on any atom is 0.343 e. The highest BCUT2D eigenvalue weighted by Crippen LogP contribution is 2.30. The zero-order chi connectivity index (χ0) is 28.9. The Hall–Kier alpha value is -5.50. The molecule has 0 bridgehead atoms. The van der Waals surface area contributed by atoms with Gasteiger partial charge in [-0.05, 0) is 73.5 Å². The molecule has 0 unspecified atom stereocenters. The van der Waals surface area contributed by atoms with Crippen LogP contribution < -0.4 is 19.9 Å². The summed E-state index contributed by atoms with van der Waals surface area (Å²) in [5, 5.41) is 2.84. The van der Waals surface area contributed by atoms with Gasteiger partial charge in [-0.3, -0.25) is 14.4 Å². The van der Waals surface area contributed by atoms with Crippen LogP contribution in [0.1, 0.15) is 16.7 Å². The Balaban J connectivity index is 1.40. The highest BCUT2D eigenvalue weighted by atomic mass is 16.5. The van der Waals surface area contributed by atoms with E-state index in [1.54, 1.807) is 84.9 Å². The van der Waals surface area contributed by atoms with Crippen molar-refractivity contribution in [1.29, 1.82) is 0 Å². The SMILES string of the molecule is Cc1ccc(NC(=O)COc2cccc(C=C3C(=O)N(c4ccccc4)C(=O)N(c4ccccc4)C3=O)c2)c(C)c1. The molecule has 0 aliphatic carbocycles. The summed E-state index contributed by atoms with van der Waals surface area (Å²) in [7, 11) is 0. The lowest BCUT2D eigenvalue weighted by Crippen LogP contribution is -2.57. The van der Waals surface area contributed by atoms with Crippen LogP contribution in [0.2, 0.25) is 0 Å². The number of benzene rings is 4. The van der Waals surface area contributed by atoms with Gasteiger partial charge in [-0.15, -0.1) is 0 Å². The third-order valence-corrected chi connectivity index (χ3v) is 6.47. The Morgan fingerprint density at radius 1 is 0.756 bits per heavy atom. The van der Waals surface area contributed by atoms with Gasteiger partial charge in [0.1, 0.15) is 11.3 Å². The minimum absolute atomic E-state index is 0.193. The molecular formula is C33H27N3O5. The Labute approximate surface area is 237 Å². The van der Waals surface area contributed by atoms with Crippen LogP contribution in [-0.4, -0.2) is 30.4 Å². The molecule has 41 heavy (non-hydrogen) atoms. The summed E-state index contributed by atoms with van der Waals surface area (Å²) < 4.78 is 5.70. The van der Waals surface area contributed by atoms with Gasteiger partial charge in [0.15, 0.2) is 6.61 Å². The molecule has 0 saturated carbocycles. The van der Waals surface area contributed by atoms with Crippen LogP contribution in [0.4, 0.5) is 21.9 Å². The number of para-hydroxylation sites is 2. The summed E-state index contributed by atoms with van der Waals surface area (Å²) in [6, 6.07) is 28.5. The first-order valence-electron chi connectivity index (χ1n) is 13.0. The Morgan fingerprint density at radius 3 is 1.95 bits per heavy atom. The van der Waals surface area contributed by atoms with Gasteiger partial charge >= 0.3 is 6.03 Å². The van der Waals surface area contributed by atoms with E-state index in [0.717, 1.165) is 20.9 Å². The standard InChI is InChI=1S/C33H27N3O5/c1-22-16-17-29(23(2)18-22)34-30(37)21-41-27-15-9-10-24(19-27)20-28-31(38)35(25-11-5-3-6-12-25)33(40)36(32(28)39)26-13-7-4-8-14-26/h3-20H,21H2,1-2H3,(H,34,37). The average molecular weight is 546 g/mol. The number of hydrogen-bond donors (Lipinski definition) is 1. The molecule has 204 valence electrons. The van der Waals surface area contributed by atoms with Crippen molar-refractivity contribution < 1.29 is 23.9 Å². The summed E-state index contributed by atoms with van der Waals surface area (Å²) in [4.78, 5) is 55.0. The lowest BCUT2D eigenvalue weighted by molar-refractivity contribution is -0.121. The van der Waals surface area contributed by atoms with Gasteiger partial charge in [0.25, 0.3) is 17.7 Å². The second-order valence-corrected chi connectivity index (χ2v) is 9.52. The van der Waals surface area contributed by atoms with Crippen molar-refractivity contribution in [2.24, 2.45) is 0 Å². The molecule has 1 fully saturated rings. The van der Waals surface area contributed by atoms with Crippen molar-refractivity contribution in [2.75, 3.05) is 21.7 Å². The number of nitrogens with one attached hydrogen (secondary N) is 1. The average Bonchev–Trinajstić information content (AvgIpc) is 2.97. The molecule has 0 spiro atoms. The zero-order valence-corrected chi connectivity index (χ0v) is 22.5. The van der Waals surface area contributed by atoms with Gasteiger partial charge in [-0.1, -0.05) is 66.2 Å². The molecule has 5 rings (SSSR count). The second-order valence-electron chi connectivity index (χ2n) is 9.52. The van der Waals surface area contributed by atoms with Crippen LogP contribution in [0.5, 0.6) is 5.75 Å². The molecule has 5 amide bonds. The predicted molar refractivity (Wildman–Crippen MR) is 158 cm³/mol. The summed E-state index contributed by atoms with van der Waals surface area (Å²) in [6.07, 6.45) is 1.42. The Bertz CT molecular complexity index is 1600. The first-order chi connectivity index (χ1) is 19.8. The van der Waals surface area contributed by atoms with Crippen LogP contribution in [0.25, 0.3) is 6.08 Å². The monoisotopic (exact) mass is 545 g/mol. The zero-order valence-electron chi connectivity index (χ0n) is 22.5. The number of carbonyl (C=O) groups is 4. The minimum atomic E-state index is -0.763. The van der Waals surface area contributed by atoms with E-state index in [1.807, 2.05) is 32.0 Å². The Kier molecular flexibility index (Phi) is 7.74. The van der Waals surface area contributed by atoms with Crippen LogP contribution in [0.3, 0.4) is 0 Å². The van der Waals surface area contributed by atoms with Gasteiger partial charge in [-0.25, -0.2) is 14.6 Å². The van der Waals surface area contributed by atoms with E-state index in [2.05, 4.69) is 5.32 Å². The summed E-state index contributed by atoms with van der Waals surface area (Å²) in [5.74, 6) is -1.43. The molecule has 0 aromatic heterocycles. The van der Waals surface area contributed by atoms with E-state index in [1.165, 1.54) is 6.08 Å². The molecule has 1 saturated heterocycles. The highest BCUT2D eigenvalue weighted by Gasteiger charge is 2.43. The number of rotatable bonds is 7. The number of urea groups is 1. The van der Waals surface area contributed by atoms with Crippen molar-refractivity contribution >= 4 is 46.9 Å². The number of imide groups is 2. The summed E-state index contributed by atoms with van der Waals surface area (Å²) in [6.45, 7) is 3.66. The second kappa shape index (κ2) is 11.7. The van der Waals surface area contributed by atoms with Crippen LogP contribution in [0.15, 0.2) is 109 Å². The molecule has 0 atom stereocenters. The van der Waals surface area contributed by atoms with Crippen molar-refractivity contribution in [2.45, 2.75) is 13.8 Å². The van der Waals surface area contributed by atoms with E-state index in [0.29, 0.717) is 28.4 Å². The number of aryl methyl sites for hydroxylation is 2. The lowest BCUT2D eigenvalue weighted by atomic mass is 10.0. The van der Waals surface area contributed by atoms with Gasteiger partial charge in [0, 0.05) is 5.69 Å². The van der Waals surface area contributed by atoms with Gasteiger partial charge in [0.05, 0.1) is 11.4 Å².